The van der Waals surface area contributed by atoms with E-state index < -0.39 is 17.6 Å². The molecule has 2 nitrogen and oxygen atoms in total. The van der Waals surface area contributed by atoms with Gasteiger partial charge in [-0.05, 0) is 0 Å². The van der Waals surface area contributed by atoms with E-state index in [9.17, 15) is 4.79 Å². The van der Waals surface area contributed by atoms with Crippen molar-refractivity contribution in [2.24, 2.45) is 5.92 Å². The average Bonchev–Trinajstić information content (AvgIpc) is 2.56. The van der Waals surface area contributed by atoms with Gasteiger partial charge in [0.2, 0.25) is 0 Å². The minimum absolute atomic E-state index is 0.247. The SMILES string of the molecule is CCO[C](=[W]=[C]=O)C1C=CC=C1. The Kier molecular flexibility index (Phi) is 4.24. The molecule has 0 saturated carbocycles. The van der Waals surface area contributed by atoms with Crippen molar-refractivity contribution in [1.29, 1.82) is 0 Å². The molecule has 0 aromatic carbocycles. The summed E-state index contributed by atoms with van der Waals surface area (Å²) in [6.45, 7) is 2.58. The van der Waals surface area contributed by atoms with Crippen molar-refractivity contribution in [3.05, 3.63) is 24.3 Å². The second kappa shape index (κ2) is 5.26. The van der Waals surface area contributed by atoms with Crippen LogP contribution in [0.5, 0.6) is 0 Å². The fraction of sp³-hybridized carbons (Fsp3) is 0.333. The Hall–Kier alpha value is -0.422. The quantitative estimate of drug-likeness (QED) is 0.771. The molecule has 1 aliphatic carbocycles. The van der Waals surface area contributed by atoms with E-state index in [0.717, 1.165) is 4.08 Å². The monoisotopic (exact) mass is 334 g/mol. The predicted octanol–water partition coefficient (Wildman–Crippen LogP) is 1.04. The van der Waals surface area contributed by atoms with E-state index in [4.69, 9.17) is 4.74 Å². The van der Waals surface area contributed by atoms with E-state index >= 15 is 0 Å². The third kappa shape index (κ3) is 2.56. The maximum absolute atomic E-state index is 10.2. The van der Waals surface area contributed by atoms with Crippen LogP contribution in [-0.4, -0.2) is 15.0 Å². The number of rotatable bonds is 3. The van der Waals surface area contributed by atoms with E-state index in [-0.39, 0.29) is 5.92 Å². The van der Waals surface area contributed by atoms with Gasteiger partial charge in [-0.3, -0.25) is 0 Å². The number of ether oxygens (including phenoxy) is 1. The first-order valence-corrected chi connectivity index (χ1v) is 6.70. The predicted molar refractivity (Wildman–Crippen MR) is 44.1 cm³/mol. The first kappa shape index (κ1) is 9.66. The van der Waals surface area contributed by atoms with Gasteiger partial charge < -0.3 is 0 Å². The van der Waals surface area contributed by atoms with Crippen LogP contribution in [0, 0.1) is 5.92 Å². The fourth-order valence-electron chi connectivity index (χ4n) is 0.966. The van der Waals surface area contributed by atoms with Gasteiger partial charge in [-0.15, -0.1) is 0 Å². The molecule has 1 rings (SSSR count). The molecule has 0 unspecified atom stereocenters. The summed E-state index contributed by atoms with van der Waals surface area (Å²) >= 11 is -1.16. The summed E-state index contributed by atoms with van der Waals surface area (Å²) in [6, 6.07) is 0. The summed E-state index contributed by atoms with van der Waals surface area (Å²) in [7, 11) is 0. The van der Waals surface area contributed by atoms with E-state index in [0.29, 0.717) is 6.61 Å². The topological polar surface area (TPSA) is 26.3 Å². The molecule has 0 heterocycles. The minimum atomic E-state index is -1.16. The number of hydrogen-bond acceptors (Lipinski definition) is 2. The summed E-state index contributed by atoms with van der Waals surface area (Å²) in [5.41, 5.74) is 0. The Balaban J connectivity index is 2.80. The summed E-state index contributed by atoms with van der Waals surface area (Å²) in [6.07, 6.45) is 8.05. The molecule has 64 valence electrons. The molecule has 0 radical (unpaired) electrons. The van der Waals surface area contributed by atoms with Crippen molar-refractivity contribution in [2.45, 2.75) is 6.92 Å². The second-order valence-corrected chi connectivity index (χ2v) is 5.01. The zero-order chi connectivity index (χ0) is 8.81. The summed E-state index contributed by atoms with van der Waals surface area (Å²) in [5, 5.41) is 0. The molecule has 0 aliphatic heterocycles. The van der Waals surface area contributed by atoms with Gasteiger partial charge in [-0.25, -0.2) is 0 Å². The Morgan fingerprint density at radius 1 is 1.58 bits per heavy atom. The van der Waals surface area contributed by atoms with Gasteiger partial charge in [-0.2, -0.15) is 0 Å². The molecule has 0 amide bonds. The van der Waals surface area contributed by atoms with Crippen molar-refractivity contribution < 1.29 is 27.2 Å². The van der Waals surface area contributed by atoms with Gasteiger partial charge in [0.25, 0.3) is 0 Å². The fourth-order valence-corrected chi connectivity index (χ4v) is 2.95. The molecular weight excluding hydrogens is 324 g/mol. The molecule has 3 heteroatoms. The summed E-state index contributed by atoms with van der Waals surface area (Å²) in [5.74, 6) is 0.247. The standard InChI is InChI=1S/C8H10O.CO.W/c1-2-9-7-8-5-3-4-6-8;1-2;/h3-6,8H,2H2,1H3;;. The molecule has 12 heavy (non-hydrogen) atoms. The second-order valence-electron chi connectivity index (χ2n) is 2.23. The molecule has 1 aliphatic rings. The normalized spacial score (nSPS) is 14.8. The average molecular weight is 334 g/mol. The molecule has 0 saturated heterocycles. The van der Waals surface area contributed by atoms with Crippen LogP contribution < -0.4 is 0 Å². The Morgan fingerprint density at radius 2 is 2.25 bits per heavy atom. The molecule has 0 bridgehead atoms. The number of allylic oxidation sites excluding steroid dienone is 2. The third-order valence-corrected chi connectivity index (χ3v) is 3.87. The van der Waals surface area contributed by atoms with Gasteiger partial charge in [0.1, 0.15) is 0 Å². The first-order valence-electron chi connectivity index (χ1n) is 3.77. The van der Waals surface area contributed by atoms with Crippen LogP contribution in [0.25, 0.3) is 0 Å². The van der Waals surface area contributed by atoms with Crippen LogP contribution in [0.4, 0.5) is 0 Å². The zero-order valence-corrected chi connectivity index (χ0v) is 9.75. The van der Waals surface area contributed by atoms with Crippen molar-refractivity contribution in [2.75, 3.05) is 6.61 Å². The van der Waals surface area contributed by atoms with Crippen LogP contribution in [0.15, 0.2) is 24.3 Å². The van der Waals surface area contributed by atoms with E-state index in [1.54, 1.807) is 0 Å². The van der Waals surface area contributed by atoms with Crippen LogP contribution in [0.3, 0.4) is 0 Å². The van der Waals surface area contributed by atoms with Crippen LogP contribution in [0.2, 0.25) is 0 Å². The van der Waals surface area contributed by atoms with Crippen LogP contribution >= 0.6 is 0 Å². The van der Waals surface area contributed by atoms with Crippen molar-refractivity contribution in [3.63, 3.8) is 0 Å². The Bertz CT molecular complexity index is 280. The Morgan fingerprint density at radius 3 is 2.75 bits per heavy atom. The van der Waals surface area contributed by atoms with Crippen molar-refractivity contribution in [1.82, 2.24) is 0 Å². The third-order valence-electron chi connectivity index (χ3n) is 1.45. The Labute approximate surface area is 79.5 Å². The number of hydrogen-bond donors (Lipinski definition) is 0. The van der Waals surface area contributed by atoms with Crippen LogP contribution in [-0.2, 0) is 27.2 Å². The molecule has 0 N–H and O–H groups in total. The van der Waals surface area contributed by atoms with Gasteiger partial charge in [0.05, 0.1) is 0 Å². The first-order chi connectivity index (χ1) is 5.88. The van der Waals surface area contributed by atoms with E-state index in [2.05, 4.69) is 0 Å². The van der Waals surface area contributed by atoms with E-state index in [1.807, 2.05) is 35.5 Å². The molecule has 0 aromatic rings. The van der Waals surface area contributed by atoms with Gasteiger partial charge in [0, 0.05) is 0 Å². The van der Waals surface area contributed by atoms with Gasteiger partial charge in [-0.1, -0.05) is 0 Å². The molecule has 0 atom stereocenters. The van der Waals surface area contributed by atoms with Gasteiger partial charge in [0.15, 0.2) is 0 Å². The molecular formula is C9H10O2W. The maximum atomic E-state index is 10.2. The molecule has 0 aromatic heterocycles. The van der Waals surface area contributed by atoms with Crippen LogP contribution in [0.1, 0.15) is 6.92 Å². The van der Waals surface area contributed by atoms with E-state index in [1.165, 1.54) is 0 Å². The zero-order valence-electron chi connectivity index (χ0n) is 6.82. The van der Waals surface area contributed by atoms with Crippen molar-refractivity contribution >= 4 is 8.35 Å². The molecule has 0 spiro atoms. The van der Waals surface area contributed by atoms with Crippen molar-refractivity contribution in [3.8, 4) is 0 Å². The summed E-state index contributed by atoms with van der Waals surface area (Å²) in [4.78, 5) is 10.2. The summed E-state index contributed by atoms with van der Waals surface area (Å²) < 4.78 is 8.36. The molecule has 0 fully saturated rings. The van der Waals surface area contributed by atoms with Gasteiger partial charge >= 0.3 is 79.3 Å². The number of carbonyl (C=O) groups excluding carboxylic acids is 1.